The molecular weight excluding hydrogens is 310 g/mol. The van der Waals surface area contributed by atoms with Crippen molar-refractivity contribution in [2.45, 2.75) is 0 Å². The minimum Gasteiger partial charge on any atom is -0.508 e. The number of carbonyl (C=O) groups is 1. The first-order valence-electron chi connectivity index (χ1n) is 6.03. The van der Waals surface area contributed by atoms with E-state index in [1.165, 1.54) is 23.5 Å². The van der Waals surface area contributed by atoms with Gasteiger partial charge in [0.1, 0.15) is 5.75 Å². The van der Waals surface area contributed by atoms with Crippen LogP contribution in [-0.2, 0) is 0 Å². The Morgan fingerprint density at radius 2 is 1.90 bits per heavy atom. The van der Waals surface area contributed by atoms with Gasteiger partial charge in [-0.2, -0.15) is 0 Å². The van der Waals surface area contributed by atoms with Crippen molar-refractivity contribution in [1.29, 1.82) is 0 Å². The average molecular weight is 320 g/mol. The maximum Gasteiger partial charge on any atom is 0.325 e. The summed E-state index contributed by atoms with van der Waals surface area (Å²) in [6.45, 7) is 0. The molecule has 0 saturated heterocycles. The number of aromatic nitrogens is 1. The third kappa shape index (κ3) is 3.24. The predicted octanol–water partition coefficient (Wildman–Crippen LogP) is 4.30. The summed E-state index contributed by atoms with van der Waals surface area (Å²) in [5.41, 5.74) is 1.36. The molecule has 5 nitrogen and oxygen atoms in total. The van der Waals surface area contributed by atoms with E-state index in [-0.39, 0.29) is 5.75 Å². The summed E-state index contributed by atoms with van der Waals surface area (Å²) in [5, 5.41) is 15.6. The molecule has 3 N–H and O–H groups in total. The van der Waals surface area contributed by atoms with E-state index >= 15 is 0 Å². The van der Waals surface area contributed by atoms with Crippen molar-refractivity contribution < 1.29 is 9.90 Å². The molecule has 106 valence electrons. The molecule has 0 aliphatic heterocycles. The Morgan fingerprint density at radius 1 is 1.14 bits per heavy atom. The fourth-order valence-corrected chi connectivity index (χ4v) is 2.89. The van der Waals surface area contributed by atoms with Crippen LogP contribution >= 0.6 is 22.9 Å². The highest BCUT2D eigenvalue weighted by molar-refractivity contribution is 7.22. The summed E-state index contributed by atoms with van der Waals surface area (Å²) < 4.78 is 0.905. The van der Waals surface area contributed by atoms with Crippen LogP contribution in [0.3, 0.4) is 0 Å². The molecule has 0 saturated carbocycles. The highest BCUT2D eigenvalue weighted by atomic mass is 35.5. The van der Waals surface area contributed by atoms with E-state index in [0.29, 0.717) is 15.8 Å². The minimum atomic E-state index is -0.397. The lowest BCUT2D eigenvalue weighted by atomic mass is 10.3. The number of fused-ring (bicyclic) bond motifs is 1. The zero-order chi connectivity index (χ0) is 14.8. The Balaban J connectivity index is 1.72. The number of phenolic OH excluding ortho intramolecular Hbond substituents is 1. The molecule has 1 aromatic heterocycles. The van der Waals surface area contributed by atoms with Crippen molar-refractivity contribution in [2.75, 3.05) is 10.6 Å². The van der Waals surface area contributed by atoms with Crippen LogP contribution in [0.25, 0.3) is 10.2 Å². The number of halogens is 1. The molecule has 7 heteroatoms. The van der Waals surface area contributed by atoms with Gasteiger partial charge in [-0.15, -0.1) is 0 Å². The Labute approximate surface area is 129 Å². The van der Waals surface area contributed by atoms with Gasteiger partial charge in [0.05, 0.1) is 10.2 Å². The van der Waals surface area contributed by atoms with Gasteiger partial charge in [0.15, 0.2) is 5.13 Å². The molecule has 0 aliphatic rings. The standard InChI is InChI=1S/C14H10ClN3O2S/c15-8-1-6-11-12(7-8)21-14(17-11)18-13(20)16-9-2-4-10(19)5-3-9/h1-7,19H,(H2,16,17,18,20). The number of urea groups is 1. The van der Waals surface area contributed by atoms with Crippen molar-refractivity contribution in [2.24, 2.45) is 0 Å². The molecule has 0 bridgehead atoms. The summed E-state index contributed by atoms with van der Waals surface area (Å²) in [7, 11) is 0. The lowest BCUT2D eigenvalue weighted by Crippen LogP contribution is -2.19. The molecule has 1 heterocycles. The molecule has 0 aliphatic carbocycles. The number of hydrogen-bond donors (Lipinski definition) is 3. The van der Waals surface area contributed by atoms with E-state index in [9.17, 15) is 9.90 Å². The van der Waals surface area contributed by atoms with Crippen molar-refractivity contribution in [3.63, 3.8) is 0 Å². The number of anilines is 2. The maximum atomic E-state index is 11.9. The van der Waals surface area contributed by atoms with E-state index in [0.717, 1.165) is 10.2 Å². The number of carbonyl (C=O) groups excluding carboxylic acids is 1. The third-order valence-electron chi connectivity index (χ3n) is 2.70. The Hall–Kier alpha value is -2.31. The van der Waals surface area contributed by atoms with Gasteiger partial charge >= 0.3 is 6.03 Å². The number of hydrogen-bond acceptors (Lipinski definition) is 4. The number of thiazole rings is 1. The topological polar surface area (TPSA) is 74.2 Å². The number of nitrogens with zero attached hydrogens (tertiary/aromatic N) is 1. The van der Waals surface area contributed by atoms with Crippen LogP contribution in [0.1, 0.15) is 0 Å². The quantitative estimate of drug-likeness (QED) is 0.616. The van der Waals surface area contributed by atoms with E-state index < -0.39 is 6.03 Å². The highest BCUT2D eigenvalue weighted by Crippen LogP contribution is 2.28. The van der Waals surface area contributed by atoms with Gasteiger partial charge in [-0.05, 0) is 42.5 Å². The molecule has 0 spiro atoms. The summed E-state index contributed by atoms with van der Waals surface area (Å²) in [6, 6.07) is 11.2. The van der Waals surface area contributed by atoms with Crippen LogP contribution in [0, 0.1) is 0 Å². The Kier molecular flexibility index (Phi) is 3.64. The number of rotatable bonds is 2. The van der Waals surface area contributed by atoms with Crippen LogP contribution < -0.4 is 10.6 Å². The van der Waals surface area contributed by atoms with Gasteiger partial charge in [0, 0.05) is 10.7 Å². The highest BCUT2D eigenvalue weighted by Gasteiger charge is 2.08. The lowest BCUT2D eigenvalue weighted by molar-refractivity contribution is 0.262. The van der Waals surface area contributed by atoms with Crippen molar-refractivity contribution in [3.05, 3.63) is 47.5 Å². The molecule has 0 radical (unpaired) electrons. The molecule has 2 amide bonds. The second-order valence-electron chi connectivity index (χ2n) is 4.26. The van der Waals surface area contributed by atoms with Crippen molar-refractivity contribution >= 4 is 50.0 Å². The first-order valence-corrected chi connectivity index (χ1v) is 7.23. The number of benzene rings is 2. The van der Waals surface area contributed by atoms with Gasteiger partial charge in [-0.1, -0.05) is 22.9 Å². The van der Waals surface area contributed by atoms with Gasteiger partial charge < -0.3 is 10.4 Å². The van der Waals surface area contributed by atoms with Gasteiger partial charge in [-0.3, -0.25) is 5.32 Å². The van der Waals surface area contributed by atoms with E-state index in [1.807, 2.05) is 0 Å². The van der Waals surface area contributed by atoms with Gasteiger partial charge in [0.2, 0.25) is 0 Å². The third-order valence-corrected chi connectivity index (χ3v) is 3.86. The maximum absolute atomic E-state index is 11.9. The van der Waals surface area contributed by atoms with E-state index in [4.69, 9.17) is 11.6 Å². The molecule has 0 fully saturated rings. The fraction of sp³-hybridized carbons (Fsp3) is 0. The summed E-state index contributed by atoms with van der Waals surface area (Å²) in [5.74, 6) is 0.143. The summed E-state index contributed by atoms with van der Waals surface area (Å²) >= 11 is 7.26. The summed E-state index contributed by atoms with van der Waals surface area (Å²) in [4.78, 5) is 16.2. The van der Waals surface area contributed by atoms with Crippen LogP contribution in [0.15, 0.2) is 42.5 Å². The Bertz CT molecular complexity index is 802. The van der Waals surface area contributed by atoms with Gasteiger partial charge in [-0.25, -0.2) is 9.78 Å². The van der Waals surface area contributed by atoms with Gasteiger partial charge in [0.25, 0.3) is 0 Å². The lowest BCUT2D eigenvalue weighted by Gasteiger charge is -2.04. The minimum absolute atomic E-state index is 0.143. The monoisotopic (exact) mass is 319 g/mol. The Morgan fingerprint density at radius 3 is 2.67 bits per heavy atom. The number of phenols is 1. The molecule has 3 aromatic rings. The second kappa shape index (κ2) is 5.59. The molecule has 21 heavy (non-hydrogen) atoms. The zero-order valence-corrected chi connectivity index (χ0v) is 12.2. The smallest absolute Gasteiger partial charge is 0.325 e. The zero-order valence-electron chi connectivity index (χ0n) is 10.6. The average Bonchev–Trinajstić information content (AvgIpc) is 2.82. The molecule has 2 aromatic carbocycles. The molecule has 0 atom stereocenters. The molecule has 3 rings (SSSR count). The molecule has 0 unspecified atom stereocenters. The normalized spacial score (nSPS) is 10.5. The van der Waals surface area contributed by atoms with E-state index in [2.05, 4.69) is 15.6 Å². The first kappa shape index (κ1) is 13.7. The largest absolute Gasteiger partial charge is 0.508 e. The van der Waals surface area contributed by atoms with E-state index in [1.54, 1.807) is 30.3 Å². The number of amides is 2. The SMILES string of the molecule is O=C(Nc1ccc(O)cc1)Nc1nc2ccc(Cl)cc2s1. The van der Waals surface area contributed by atoms with Crippen molar-refractivity contribution in [1.82, 2.24) is 4.98 Å². The van der Waals surface area contributed by atoms with Crippen LogP contribution in [0.2, 0.25) is 5.02 Å². The fourth-order valence-electron chi connectivity index (χ4n) is 1.76. The number of nitrogens with one attached hydrogen (secondary N) is 2. The second-order valence-corrected chi connectivity index (χ2v) is 5.72. The van der Waals surface area contributed by atoms with Crippen LogP contribution in [-0.4, -0.2) is 16.1 Å². The van der Waals surface area contributed by atoms with Crippen molar-refractivity contribution in [3.8, 4) is 5.75 Å². The summed E-state index contributed by atoms with van der Waals surface area (Å²) in [6.07, 6.45) is 0. The predicted molar refractivity (Wildman–Crippen MR) is 85.4 cm³/mol. The molecular formula is C14H10ClN3O2S. The van der Waals surface area contributed by atoms with Crippen LogP contribution in [0.5, 0.6) is 5.75 Å². The first-order chi connectivity index (χ1) is 10.1. The van der Waals surface area contributed by atoms with Crippen LogP contribution in [0.4, 0.5) is 15.6 Å². The number of aromatic hydroxyl groups is 1.